The van der Waals surface area contributed by atoms with E-state index in [1.807, 2.05) is 77.2 Å². The quantitative estimate of drug-likeness (QED) is 0.110. The number of amides is 2. The van der Waals surface area contributed by atoms with E-state index in [9.17, 15) is 9.59 Å². The number of aromatic nitrogens is 6. The molecule has 0 aliphatic carbocycles. The van der Waals surface area contributed by atoms with Crippen molar-refractivity contribution in [1.29, 1.82) is 0 Å². The number of methoxy groups -OCH3 is 1. The minimum atomic E-state index is -0.439. The van der Waals surface area contributed by atoms with Gasteiger partial charge < -0.3 is 14.8 Å². The average molecular weight is 708 g/mol. The highest BCUT2D eigenvalue weighted by molar-refractivity contribution is 14.1. The summed E-state index contributed by atoms with van der Waals surface area (Å²) >= 11 is 1.96. The maximum Gasteiger partial charge on any atom is 0.325 e. The Hall–Kier alpha value is -4.92. The molecule has 12 nitrogen and oxygen atoms in total. The van der Waals surface area contributed by atoms with E-state index < -0.39 is 11.7 Å². The lowest BCUT2D eigenvalue weighted by Gasteiger charge is -2.14. The predicted octanol–water partition coefficient (Wildman–Crippen LogP) is 6.78. The number of hydrogen-bond acceptors (Lipinski definition) is 7. The molecule has 4 N–H and O–H groups in total. The van der Waals surface area contributed by atoms with E-state index in [4.69, 9.17) is 15.9 Å². The van der Waals surface area contributed by atoms with Gasteiger partial charge in [-0.05, 0) is 41.3 Å². The molecule has 2 amide bonds. The number of nitrogens with one attached hydrogen (secondary N) is 4. The number of ether oxygens (including phenoxy) is 2. The molecule has 0 spiro atoms. The number of nitrogens with zero attached hydrogens (tertiary/aromatic N) is 4. The van der Waals surface area contributed by atoms with Crippen LogP contribution in [0.1, 0.15) is 27.8 Å². The first-order valence-corrected chi connectivity index (χ1v) is 14.9. The van der Waals surface area contributed by atoms with E-state index in [1.54, 1.807) is 23.9 Å². The van der Waals surface area contributed by atoms with Crippen LogP contribution in [-0.4, -0.2) is 47.8 Å². The summed E-state index contributed by atoms with van der Waals surface area (Å²) in [5.74, 6) is 1.92. The summed E-state index contributed by atoms with van der Waals surface area (Å²) in [5, 5.41) is 12.2. The Morgan fingerprint density at radius 3 is 2.43 bits per heavy atom. The number of benzene rings is 3. The lowest BCUT2D eigenvalue weighted by molar-refractivity contribution is 0.262. The van der Waals surface area contributed by atoms with E-state index >= 15 is 0 Å². The van der Waals surface area contributed by atoms with E-state index in [-0.39, 0.29) is 11.3 Å². The summed E-state index contributed by atoms with van der Waals surface area (Å²) in [6, 6.07) is 19.8. The Morgan fingerprint density at radius 1 is 1.00 bits per heavy atom. The molecule has 0 radical (unpaired) electrons. The Bertz CT molecular complexity index is 2010. The molecule has 0 fully saturated rings. The van der Waals surface area contributed by atoms with Crippen molar-refractivity contribution < 1.29 is 15.6 Å². The number of urea groups is 1. The molecule has 6 aromatic rings. The van der Waals surface area contributed by atoms with Gasteiger partial charge in [-0.1, -0.05) is 67.6 Å². The smallest absolute Gasteiger partial charge is 0.325 e. The molecule has 0 aliphatic heterocycles. The third-order valence-electron chi connectivity index (χ3n) is 6.66. The number of aromatic amines is 2. The zero-order valence-corrected chi connectivity index (χ0v) is 26.6. The zero-order valence-electron chi connectivity index (χ0n) is 25.4. The lowest BCUT2D eigenvalue weighted by Crippen LogP contribution is -2.21. The van der Waals surface area contributed by atoms with Crippen molar-refractivity contribution in [3.8, 4) is 23.1 Å². The zero-order chi connectivity index (χ0) is 32.1. The van der Waals surface area contributed by atoms with E-state index in [1.165, 1.54) is 6.33 Å². The van der Waals surface area contributed by atoms with Crippen molar-refractivity contribution in [2.24, 2.45) is 0 Å². The van der Waals surface area contributed by atoms with Crippen LogP contribution < -0.4 is 25.8 Å². The molecule has 3 heterocycles. The molecule has 0 saturated carbocycles. The average Bonchev–Trinajstić information content (AvgIpc) is 3.62. The van der Waals surface area contributed by atoms with Gasteiger partial charge in [0, 0.05) is 23.6 Å². The molecule has 44 heavy (non-hydrogen) atoms. The summed E-state index contributed by atoms with van der Waals surface area (Å²) in [4.78, 5) is 39.0. The van der Waals surface area contributed by atoms with Crippen LogP contribution in [-0.2, 0) is 5.41 Å². The second-order valence-corrected chi connectivity index (χ2v) is 10.6. The van der Waals surface area contributed by atoms with Crippen LogP contribution in [0.4, 0.5) is 16.3 Å². The molecule has 0 unspecified atom stereocenters. The molecule has 3 aromatic heterocycles. The highest BCUT2D eigenvalue weighted by Crippen LogP contribution is 2.35. The molecule has 0 aliphatic rings. The number of hydrogen-bond donors (Lipinski definition) is 4. The van der Waals surface area contributed by atoms with Gasteiger partial charge in [0.2, 0.25) is 5.88 Å². The molecular formula is C31H31IN8O4. The van der Waals surface area contributed by atoms with Crippen LogP contribution in [0, 0.1) is 0 Å². The minimum absolute atomic E-state index is 0.198. The first-order valence-electron chi connectivity index (χ1n) is 14.1. The SMILES string of the molecule is COc1ccc(-n2nc(C(C)(C)C)cc2NC(=O)Nc2ccc(Oc3ncnc4[nH]c(=O)[nH]c34)c3ccccc23)cc1.[2H]CI. The maximum absolute atomic E-state index is 13.3. The van der Waals surface area contributed by atoms with Gasteiger partial charge in [0.05, 0.1) is 24.2 Å². The molecule has 0 bridgehead atoms. The Labute approximate surface area is 267 Å². The van der Waals surface area contributed by atoms with Crippen molar-refractivity contribution in [3.63, 3.8) is 0 Å². The Morgan fingerprint density at radius 2 is 1.73 bits per heavy atom. The minimum Gasteiger partial charge on any atom is -0.497 e. The van der Waals surface area contributed by atoms with Crippen molar-refractivity contribution in [3.05, 3.63) is 89.2 Å². The van der Waals surface area contributed by atoms with Crippen LogP contribution in [0.15, 0.2) is 77.9 Å². The standard InChI is InChI=1S/C30H28N8O4.CH3I/c1-30(2,3)23-15-24(38(37-23)17-9-11-18(41-4)12-10-17)34-28(39)33-21-13-14-22(20-8-6-5-7-19(20)21)42-27-25-26(31-16-32-27)36-29(40)35-25;1-2/h5-16H,1-4H3,(H2,33,34,39)(H2,31,32,35,36,40);1H3/i;1D. The van der Waals surface area contributed by atoms with Gasteiger partial charge in [0.25, 0.3) is 0 Å². The summed E-state index contributed by atoms with van der Waals surface area (Å²) in [6.07, 6.45) is 1.31. The van der Waals surface area contributed by atoms with Crippen molar-refractivity contribution in [2.45, 2.75) is 26.2 Å². The van der Waals surface area contributed by atoms with E-state index in [0.717, 1.165) is 27.9 Å². The summed E-state index contributed by atoms with van der Waals surface area (Å²) in [6.45, 7) is 6.19. The maximum atomic E-state index is 13.3. The summed E-state index contributed by atoms with van der Waals surface area (Å²) in [5.41, 5.74) is 2.22. The van der Waals surface area contributed by atoms with Crippen LogP contribution >= 0.6 is 22.6 Å². The second kappa shape index (κ2) is 12.8. The third-order valence-corrected chi connectivity index (χ3v) is 6.66. The molecule has 226 valence electrons. The largest absolute Gasteiger partial charge is 0.497 e. The van der Waals surface area contributed by atoms with Crippen molar-refractivity contribution in [2.75, 3.05) is 22.6 Å². The fraction of sp³-hybridized carbons (Fsp3) is 0.194. The van der Waals surface area contributed by atoms with Crippen LogP contribution in [0.25, 0.3) is 27.6 Å². The molecule has 0 atom stereocenters. The van der Waals surface area contributed by atoms with E-state index in [0.29, 0.717) is 33.3 Å². The fourth-order valence-electron chi connectivity index (χ4n) is 4.51. The van der Waals surface area contributed by atoms with Gasteiger partial charge >= 0.3 is 11.7 Å². The number of H-pyrrole nitrogens is 2. The van der Waals surface area contributed by atoms with Gasteiger partial charge in [-0.2, -0.15) is 10.1 Å². The molecule has 3 aromatic carbocycles. The number of imidazole rings is 1. The lowest BCUT2D eigenvalue weighted by atomic mass is 9.92. The van der Waals surface area contributed by atoms with Gasteiger partial charge in [-0.3, -0.25) is 15.3 Å². The molecular weight excluding hydrogens is 675 g/mol. The first-order chi connectivity index (χ1) is 21.6. The molecule has 0 saturated heterocycles. The molecule has 6 rings (SSSR count). The van der Waals surface area contributed by atoms with Crippen molar-refractivity contribution >= 4 is 62.1 Å². The first kappa shape index (κ1) is 29.2. The van der Waals surface area contributed by atoms with Crippen molar-refractivity contribution in [1.82, 2.24) is 29.7 Å². The van der Waals surface area contributed by atoms with Crippen LogP contribution in [0.5, 0.6) is 17.4 Å². The summed E-state index contributed by atoms with van der Waals surface area (Å²) < 4.78 is 19.3. The molecule has 13 heteroatoms. The Balaban J connectivity index is 0.00000128. The number of carbonyl (C=O) groups excluding carboxylic acids is 1. The highest BCUT2D eigenvalue weighted by Gasteiger charge is 2.22. The van der Waals surface area contributed by atoms with Crippen LogP contribution in [0.2, 0.25) is 0 Å². The number of carbonyl (C=O) groups is 1. The highest BCUT2D eigenvalue weighted by atomic mass is 127. The second-order valence-electron chi connectivity index (χ2n) is 10.6. The van der Waals surface area contributed by atoms with Gasteiger partial charge in [-0.25, -0.2) is 19.3 Å². The predicted molar refractivity (Wildman–Crippen MR) is 180 cm³/mol. The number of anilines is 2. The van der Waals surface area contributed by atoms with E-state index in [2.05, 4.69) is 51.3 Å². The number of fused-ring (bicyclic) bond motifs is 2. The number of alkyl halides is 1. The monoisotopic (exact) mass is 707 g/mol. The number of rotatable bonds is 6. The van der Waals surface area contributed by atoms with Gasteiger partial charge in [-0.15, -0.1) is 0 Å². The van der Waals surface area contributed by atoms with Crippen LogP contribution in [0.3, 0.4) is 0 Å². The topological polar surface area (TPSA) is 152 Å². The number of halogens is 1. The van der Waals surface area contributed by atoms with Gasteiger partial charge in [0.1, 0.15) is 29.2 Å². The fourth-order valence-corrected chi connectivity index (χ4v) is 4.51. The summed E-state index contributed by atoms with van der Waals surface area (Å²) in [7, 11) is 1.61. The normalized spacial score (nSPS) is 11.4. The third kappa shape index (κ3) is 6.37. The Kier molecular flexibility index (Phi) is 8.45. The van der Waals surface area contributed by atoms with Gasteiger partial charge in [0.15, 0.2) is 5.65 Å².